The lowest BCUT2D eigenvalue weighted by molar-refractivity contribution is -0.616. The predicted molar refractivity (Wildman–Crippen MR) is 75.1 cm³/mol. The zero-order chi connectivity index (χ0) is 13.1. The van der Waals surface area contributed by atoms with Crippen molar-refractivity contribution in [3.05, 3.63) is 34.8 Å². The first-order chi connectivity index (χ1) is 9.34. The first kappa shape index (κ1) is 12.9. The van der Waals surface area contributed by atoms with Crippen molar-refractivity contribution in [2.75, 3.05) is 26.2 Å². The fourth-order valence-electron chi connectivity index (χ4n) is 3.34. The van der Waals surface area contributed by atoms with Gasteiger partial charge in [0.15, 0.2) is 11.9 Å². The van der Waals surface area contributed by atoms with Crippen LogP contribution in [0, 0.1) is 5.21 Å². The highest BCUT2D eigenvalue weighted by Crippen LogP contribution is 2.27. The Morgan fingerprint density at radius 3 is 2.05 bits per heavy atom. The molecule has 0 bridgehead atoms. The highest BCUT2D eigenvalue weighted by molar-refractivity contribution is 5.17. The van der Waals surface area contributed by atoms with Crippen molar-refractivity contribution in [1.82, 2.24) is 10.6 Å². The third-order valence-corrected chi connectivity index (χ3v) is 4.54. The van der Waals surface area contributed by atoms with Crippen LogP contribution in [-0.4, -0.2) is 26.2 Å². The number of nitrogens with zero attached hydrogens (tertiary/aromatic N) is 1. The zero-order valence-corrected chi connectivity index (χ0v) is 11.4. The summed E-state index contributed by atoms with van der Waals surface area (Å²) in [5.41, 5.74) is 2.17. The summed E-state index contributed by atoms with van der Waals surface area (Å²) in [6.07, 6.45) is 6.27. The van der Waals surface area contributed by atoms with Crippen molar-refractivity contribution in [3.8, 4) is 0 Å². The van der Waals surface area contributed by atoms with Crippen LogP contribution in [0.25, 0.3) is 0 Å². The van der Waals surface area contributed by atoms with Crippen LogP contribution in [0.4, 0.5) is 0 Å². The molecule has 1 aromatic heterocycles. The van der Waals surface area contributed by atoms with E-state index >= 15 is 0 Å². The van der Waals surface area contributed by atoms with Crippen LogP contribution in [0.15, 0.2) is 18.3 Å². The van der Waals surface area contributed by atoms with Crippen LogP contribution >= 0.6 is 0 Å². The second-order valence-corrected chi connectivity index (χ2v) is 5.76. The maximum absolute atomic E-state index is 12.3. The Morgan fingerprint density at radius 2 is 1.47 bits per heavy atom. The minimum absolute atomic E-state index is 0.431. The lowest BCUT2D eigenvalue weighted by Crippen LogP contribution is -2.38. The Labute approximate surface area is 114 Å². The van der Waals surface area contributed by atoms with E-state index < -0.39 is 0 Å². The van der Waals surface area contributed by atoms with Crippen LogP contribution in [-0.2, 0) is 0 Å². The molecule has 2 aliphatic rings. The molecule has 2 N–H and O–H groups in total. The molecule has 2 fully saturated rings. The summed E-state index contributed by atoms with van der Waals surface area (Å²) >= 11 is 0. The van der Waals surface area contributed by atoms with Gasteiger partial charge in [-0.25, -0.2) is 0 Å². The molecule has 3 heterocycles. The molecule has 0 radical (unpaired) electrons. The van der Waals surface area contributed by atoms with Crippen molar-refractivity contribution < 1.29 is 4.73 Å². The predicted octanol–water partition coefficient (Wildman–Crippen LogP) is 1.25. The normalized spacial score (nSPS) is 22.5. The lowest BCUT2D eigenvalue weighted by Gasteiger charge is -2.24. The largest absolute Gasteiger partial charge is 0.618 e. The summed E-state index contributed by atoms with van der Waals surface area (Å²) in [7, 11) is 0. The quantitative estimate of drug-likeness (QED) is 0.622. The average Bonchev–Trinajstić information content (AvgIpc) is 2.49. The minimum Gasteiger partial charge on any atom is -0.618 e. The van der Waals surface area contributed by atoms with Gasteiger partial charge in [-0.1, -0.05) is 0 Å². The van der Waals surface area contributed by atoms with Gasteiger partial charge in [0.1, 0.15) is 0 Å². The van der Waals surface area contributed by atoms with Crippen molar-refractivity contribution in [1.29, 1.82) is 0 Å². The molecule has 2 aliphatic heterocycles. The minimum atomic E-state index is 0.431. The van der Waals surface area contributed by atoms with Gasteiger partial charge in [0, 0.05) is 17.5 Å². The van der Waals surface area contributed by atoms with E-state index in [4.69, 9.17) is 0 Å². The number of nitrogens with one attached hydrogen (secondary N) is 2. The van der Waals surface area contributed by atoms with Gasteiger partial charge in [0.2, 0.25) is 0 Å². The SMILES string of the molecule is [O-][n+]1cc(C2CCNCC2)ccc1C1CCNCC1. The summed E-state index contributed by atoms with van der Waals surface area (Å²) in [6.45, 7) is 4.20. The summed E-state index contributed by atoms with van der Waals surface area (Å²) in [6, 6.07) is 4.25. The fraction of sp³-hybridized carbons (Fsp3) is 0.667. The Kier molecular flexibility index (Phi) is 3.99. The number of hydrogen-bond donors (Lipinski definition) is 2. The molecule has 0 unspecified atom stereocenters. The van der Waals surface area contributed by atoms with E-state index in [2.05, 4.69) is 22.8 Å². The first-order valence-corrected chi connectivity index (χ1v) is 7.49. The maximum atomic E-state index is 12.3. The summed E-state index contributed by atoms with van der Waals surface area (Å²) in [5, 5.41) is 19.0. The Morgan fingerprint density at radius 1 is 0.895 bits per heavy atom. The molecular formula is C15H23N3O. The van der Waals surface area contributed by atoms with E-state index in [1.807, 2.05) is 6.20 Å². The standard InChI is InChI=1S/C15H23N3O/c19-18-11-14(12-3-7-16-8-4-12)1-2-15(18)13-5-9-17-10-6-13/h1-2,11-13,16-17H,3-10H2. The molecule has 0 saturated carbocycles. The van der Waals surface area contributed by atoms with Crippen molar-refractivity contribution in [2.45, 2.75) is 37.5 Å². The van der Waals surface area contributed by atoms with Gasteiger partial charge in [-0.15, -0.1) is 0 Å². The summed E-state index contributed by atoms with van der Waals surface area (Å²) in [5.74, 6) is 0.990. The van der Waals surface area contributed by atoms with Gasteiger partial charge in [0.05, 0.1) is 0 Å². The second-order valence-electron chi connectivity index (χ2n) is 5.76. The number of hydrogen-bond acceptors (Lipinski definition) is 3. The summed E-state index contributed by atoms with van der Waals surface area (Å²) < 4.78 is 1.13. The van der Waals surface area contributed by atoms with Crippen LogP contribution in [0.5, 0.6) is 0 Å². The molecular weight excluding hydrogens is 238 g/mol. The van der Waals surface area contributed by atoms with Crippen molar-refractivity contribution in [3.63, 3.8) is 0 Å². The molecule has 0 aromatic carbocycles. The highest BCUT2D eigenvalue weighted by Gasteiger charge is 2.24. The molecule has 0 aliphatic carbocycles. The van der Waals surface area contributed by atoms with Crippen molar-refractivity contribution in [2.24, 2.45) is 0 Å². The van der Waals surface area contributed by atoms with Gasteiger partial charge >= 0.3 is 0 Å². The third kappa shape index (κ3) is 2.90. The molecule has 104 valence electrons. The Bertz CT molecular complexity index is 423. The number of pyridine rings is 1. The van der Waals surface area contributed by atoms with Gasteiger partial charge in [-0.05, 0) is 63.8 Å². The molecule has 0 spiro atoms. The highest BCUT2D eigenvalue weighted by atomic mass is 16.5. The Balaban J connectivity index is 1.76. The van der Waals surface area contributed by atoms with Crippen LogP contribution in [0.2, 0.25) is 0 Å². The molecule has 3 rings (SSSR count). The monoisotopic (exact) mass is 261 g/mol. The van der Waals surface area contributed by atoms with Gasteiger partial charge in [0.25, 0.3) is 0 Å². The van der Waals surface area contributed by atoms with Gasteiger partial charge < -0.3 is 15.8 Å². The summed E-state index contributed by atoms with van der Waals surface area (Å²) in [4.78, 5) is 0. The van der Waals surface area contributed by atoms with E-state index in [1.54, 1.807) is 0 Å². The van der Waals surface area contributed by atoms with E-state index in [0.717, 1.165) is 62.3 Å². The second kappa shape index (κ2) is 5.88. The average molecular weight is 261 g/mol. The van der Waals surface area contributed by atoms with Crippen LogP contribution in [0.1, 0.15) is 48.8 Å². The first-order valence-electron chi connectivity index (χ1n) is 7.49. The third-order valence-electron chi connectivity index (χ3n) is 4.54. The molecule has 0 amide bonds. The van der Waals surface area contributed by atoms with Gasteiger partial charge in [-0.3, -0.25) is 0 Å². The van der Waals surface area contributed by atoms with E-state index in [0.29, 0.717) is 11.8 Å². The van der Waals surface area contributed by atoms with E-state index in [1.165, 1.54) is 5.56 Å². The van der Waals surface area contributed by atoms with E-state index in [-0.39, 0.29) is 0 Å². The maximum Gasteiger partial charge on any atom is 0.195 e. The Hall–Kier alpha value is -1.13. The van der Waals surface area contributed by atoms with E-state index in [9.17, 15) is 5.21 Å². The fourth-order valence-corrected chi connectivity index (χ4v) is 3.34. The molecule has 19 heavy (non-hydrogen) atoms. The van der Waals surface area contributed by atoms with Crippen LogP contribution < -0.4 is 15.4 Å². The number of aromatic nitrogens is 1. The molecule has 4 heteroatoms. The lowest BCUT2D eigenvalue weighted by atomic mass is 9.89. The van der Waals surface area contributed by atoms with Gasteiger partial charge in [-0.2, -0.15) is 4.73 Å². The molecule has 0 atom stereocenters. The number of piperidine rings is 2. The molecule has 4 nitrogen and oxygen atoms in total. The van der Waals surface area contributed by atoms with Crippen molar-refractivity contribution >= 4 is 0 Å². The number of rotatable bonds is 2. The molecule has 1 aromatic rings. The topological polar surface area (TPSA) is 51.0 Å². The van der Waals surface area contributed by atoms with Crippen LogP contribution in [0.3, 0.4) is 0 Å². The zero-order valence-electron chi connectivity index (χ0n) is 11.4. The smallest absolute Gasteiger partial charge is 0.195 e. The molecule has 2 saturated heterocycles.